The van der Waals surface area contributed by atoms with Gasteiger partial charge in [-0.3, -0.25) is 0 Å². The smallest absolute Gasteiger partial charge is 0.0143 e. The number of allylic oxidation sites excluding steroid dienone is 2. The number of hydrogen-bond acceptors (Lipinski definition) is 1. The van der Waals surface area contributed by atoms with E-state index in [9.17, 15) is 0 Å². The third-order valence-electron chi connectivity index (χ3n) is 6.11. The molecular formula is C28H57N. The van der Waals surface area contributed by atoms with Gasteiger partial charge in [0.25, 0.3) is 0 Å². The molecule has 0 unspecified atom stereocenters. The lowest BCUT2D eigenvalue weighted by molar-refractivity contribution is 0.544. The maximum atomic E-state index is 3.77. The van der Waals surface area contributed by atoms with E-state index in [-0.39, 0.29) is 0 Å². The summed E-state index contributed by atoms with van der Waals surface area (Å²) in [6.07, 6.45) is 33.3. The minimum atomic E-state index is 1.18. The van der Waals surface area contributed by atoms with Gasteiger partial charge in [0.1, 0.15) is 0 Å². The van der Waals surface area contributed by atoms with Gasteiger partial charge in [-0.25, -0.2) is 0 Å². The fraction of sp³-hybridized carbons (Fsp3) is 0.929. The molecule has 0 radical (unpaired) electrons. The summed E-state index contributed by atoms with van der Waals surface area (Å²) in [7, 11) is 0. The average molecular weight is 408 g/mol. The Morgan fingerprint density at radius 2 is 0.897 bits per heavy atom. The first-order valence-electron chi connectivity index (χ1n) is 13.8. The van der Waals surface area contributed by atoms with Crippen LogP contribution in [0.5, 0.6) is 0 Å². The molecule has 0 aromatic heterocycles. The van der Waals surface area contributed by atoms with Crippen molar-refractivity contribution >= 4 is 0 Å². The van der Waals surface area contributed by atoms with Crippen molar-refractivity contribution in [3.05, 3.63) is 11.8 Å². The highest BCUT2D eigenvalue weighted by Gasteiger charge is 1.99. The molecule has 0 aromatic carbocycles. The van der Waals surface area contributed by atoms with Crippen molar-refractivity contribution < 1.29 is 0 Å². The highest BCUT2D eigenvalue weighted by Crippen LogP contribution is 2.14. The van der Waals surface area contributed by atoms with Crippen LogP contribution in [0, 0.1) is 0 Å². The summed E-state index contributed by atoms with van der Waals surface area (Å²) in [5.74, 6) is 0. The van der Waals surface area contributed by atoms with E-state index in [1.165, 1.54) is 153 Å². The van der Waals surface area contributed by atoms with Gasteiger partial charge >= 0.3 is 0 Å². The molecule has 0 heterocycles. The monoisotopic (exact) mass is 407 g/mol. The van der Waals surface area contributed by atoms with E-state index >= 15 is 0 Å². The van der Waals surface area contributed by atoms with Crippen LogP contribution in [0.4, 0.5) is 0 Å². The third kappa shape index (κ3) is 23.7. The van der Waals surface area contributed by atoms with Crippen LogP contribution in [-0.2, 0) is 0 Å². The molecule has 0 aliphatic rings. The van der Waals surface area contributed by atoms with E-state index in [4.69, 9.17) is 0 Å². The van der Waals surface area contributed by atoms with Crippen LogP contribution >= 0.6 is 0 Å². The highest BCUT2D eigenvalue weighted by atomic mass is 14.9. The Labute approximate surface area is 185 Å². The summed E-state index contributed by atoms with van der Waals surface area (Å²) in [5, 5.41) is 3.77. The molecule has 0 aromatic rings. The maximum absolute atomic E-state index is 3.77. The van der Waals surface area contributed by atoms with Gasteiger partial charge < -0.3 is 5.32 Å². The van der Waals surface area contributed by atoms with Crippen LogP contribution in [0.2, 0.25) is 0 Å². The second kappa shape index (κ2) is 25.6. The van der Waals surface area contributed by atoms with Crippen LogP contribution < -0.4 is 5.32 Å². The van der Waals surface area contributed by atoms with Gasteiger partial charge in [0.2, 0.25) is 0 Å². The van der Waals surface area contributed by atoms with Gasteiger partial charge in [0.05, 0.1) is 0 Å². The van der Waals surface area contributed by atoms with Crippen molar-refractivity contribution in [2.24, 2.45) is 0 Å². The molecule has 0 aliphatic heterocycles. The van der Waals surface area contributed by atoms with E-state index in [2.05, 4.69) is 32.2 Å². The largest absolute Gasteiger partial charge is 0.389 e. The van der Waals surface area contributed by atoms with Crippen LogP contribution in [0.3, 0.4) is 0 Å². The van der Waals surface area contributed by atoms with E-state index in [1.807, 2.05) is 0 Å². The highest BCUT2D eigenvalue weighted by molar-refractivity contribution is 4.99. The molecule has 0 saturated carbocycles. The molecule has 0 spiro atoms. The second-order valence-corrected chi connectivity index (χ2v) is 9.21. The lowest BCUT2D eigenvalue weighted by Gasteiger charge is -2.12. The third-order valence-corrected chi connectivity index (χ3v) is 6.11. The molecule has 0 rings (SSSR count). The van der Waals surface area contributed by atoms with Gasteiger partial charge in [0.15, 0.2) is 0 Å². The van der Waals surface area contributed by atoms with Crippen molar-refractivity contribution in [3.63, 3.8) is 0 Å². The minimum absolute atomic E-state index is 1.18. The van der Waals surface area contributed by atoms with Crippen molar-refractivity contribution in [2.45, 2.75) is 162 Å². The predicted molar refractivity (Wildman–Crippen MR) is 135 cm³/mol. The first-order chi connectivity index (χ1) is 14.3. The SMILES string of the molecule is CCCC=C(CCCCCCCCCCC)NCCCCCCCCCCCC. The molecule has 1 heteroatoms. The molecule has 0 amide bonds. The van der Waals surface area contributed by atoms with Gasteiger partial charge in [-0.2, -0.15) is 0 Å². The van der Waals surface area contributed by atoms with Crippen molar-refractivity contribution in [2.75, 3.05) is 6.54 Å². The first-order valence-corrected chi connectivity index (χ1v) is 13.8. The molecular weight excluding hydrogens is 350 g/mol. The number of rotatable bonds is 24. The Bertz CT molecular complexity index is 320. The number of hydrogen-bond donors (Lipinski definition) is 1. The zero-order valence-corrected chi connectivity index (χ0v) is 20.8. The molecule has 174 valence electrons. The molecule has 0 saturated heterocycles. The Hall–Kier alpha value is -0.460. The Morgan fingerprint density at radius 3 is 1.34 bits per heavy atom. The zero-order valence-electron chi connectivity index (χ0n) is 20.8. The van der Waals surface area contributed by atoms with Gasteiger partial charge in [-0.05, 0) is 25.7 Å². The van der Waals surface area contributed by atoms with Gasteiger partial charge in [0, 0.05) is 12.2 Å². The van der Waals surface area contributed by atoms with E-state index in [0.717, 1.165) is 0 Å². The summed E-state index contributed by atoms with van der Waals surface area (Å²) in [4.78, 5) is 0. The van der Waals surface area contributed by atoms with Gasteiger partial charge in [-0.15, -0.1) is 0 Å². The Kier molecular flexibility index (Phi) is 25.2. The van der Waals surface area contributed by atoms with Crippen molar-refractivity contribution in [3.8, 4) is 0 Å². The lowest BCUT2D eigenvalue weighted by Crippen LogP contribution is -2.15. The van der Waals surface area contributed by atoms with Crippen molar-refractivity contribution in [1.82, 2.24) is 5.32 Å². The maximum Gasteiger partial charge on any atom is 0.0143 e. The fourth-order valence-electron chi connectivity index (χ4n) is 4.07. The predicted octanol–water partition coefficient (Wildman–Crippen LogP) is 10.1. The van der Waals surface area contributed by atoms with Gasteiger partial charge in [-0.1, -0.05) is 142 Å². The second-order valence-electron chi connectivity index (χ2n) is 9.21. The van der Waals surface area contributed by atoms with E-state index in [0.29, 0.717) is 0 Å². The zero-order chi connectivity index (χ0) is 21.3. The van der Waals surface area contributed by atoms with Crippen LogP contribution in [0.1, 0.15) is 162 Å². The van der Waals surface area contributed by atoms with E-state index < -0.39 is 0 Å². The normalized spacial score (nSPS) is 11.9. The minimum Gasteiger partial charge on any atom is -0.389 e. The summed E-state index contributed by atoms with van der Waals surface area (Å²) < 4.78 is 0. The number of nitrogens with one attached hydrogen (secondary N) is 1. The Balaban J connectivity index is 3.57. The average Bonchev–Trinajstić information content (AvgIpc) is 2.74. The molecule has 1 nitrogen and oxygen atoms in total. The molecule has 1 N–H and O–H groups in total. The van der Waals surface area contributed by atoms with Crippen LogP contribution in [0.15, 0.2) is 11.8 Å². The summed E-state index contributed by atoms with van der Waals surface area (Å²) >= 11 is 0. The molecule has 29 heavy (non-hydrogen) atoms. The quantitative estimate of drug-likeness (QED) is 0.157. The molecule has 0 atom stereocenters. The summed E-state index contributed by atoms with van der Waals surface area (Å²) in [5.41, 5.74) is 1.53. The van der Waals surface area contributed by atoms with Crippen LogP contribution in [0.25, 0.3) is 0 Å². The fourth-order valence-corrected chi connectivity index (χ4v) is 4.07. The molecule has 0 fully saturated rings. The topological polar surface area (TPSA) is 12.0 Å². The Morgan fingerprint density at radius 1 is 0.483 bits per heavy atom. The van der Waals surface area contributed by atoms with Crippen molar-refractivity contribution in [1.29, 1.82) is 0 Å². The summed E-state index contributed by atoms with van der Waals surface area (Å²) in [6, 6.07) is 0. The molecule has 0 bridgehead atoms. The van der Waals surface area contributed by atoms with Crippen LogP contribution in [-0.4, -0.2) is 6.54 Å². The molecule has 0 aliphatic carbocycles. The summed E-state index contributed by atoms with van der Waals surface area (Å²) in [6.45, 7) is 8.07. The lowest BCUT2D eigenvalue weighted by atomic mass is 10.0. The standard InChI is InChI=1S/C28H57N/c1-4-7-10-12-14-16-18-20-22-24-27-29-28(25-9-6-3)26-23-21-19-17-15-13-11-8-5-2/h25,29H,4-24,26-27H2,1-3H3. The number of unbranched alkanes of at least 4 members (excludes halogenated alkanes) is 18. The first kappa shape index (κ1) is 28.5. The van der Waals surface area contributed by atoms with E-state index in [1.54, 1.807) is 0 Å².